The summed E-state index contributed by atoms with van der Waals surface area (Å²) in [6, 6.07) is 3.01. The van der Waals surface area contributed by atoms with Crippen LogP contribution in [0.15, 0.2) is 12.1 Å². The van der Waals surface area contributed by atoms with Gasteiger partial charge >= 0.3 is 5.97 Å². The number of nitrogens with one attached hydrogen (secondary N) is 1. The standard InChI is InChI=1S/C13H15NO5/c1-13(2)12(16)14-8-5-7(11(15)18-4)6-9(17-3)10(8)19-13/h5-6H,1-4H3,(H,14,16). The third-order valence-electron chi connectivity index (χ3n) is 2.85. The van der Waals surface area contributed by atoms with Gasteiger partial charge < -0.3 is 19.5 Å². The molecule has 19 heavy (non-hydrogen) atoms. The molecule has 1 aliphatic rings. The van der Waals surface area contributed by atoms with Gasteiger partial charge in [0.1, 0.15) is 0 Å². The van der Waals surface area contributed by atoms with Crippen LogP contribution in [0.4, 0.5) is 5.69 Å². The number of carbonyl (C=O) groups excluding carboxylic acids is 2. The number of hydrogen-bond donors (Lipinski definition) is 1. The zero-order valence-corrected chi connectivity index (χ0v) is 11.2. The first-order valence-corrected chi connectivity index (χ1v) is 5.70. The van der Waals surface area contributed by atoms with E-state index in [4.69, 9.17) is 9.47 Å². The number of carbonyl (C=O) groups is 2. The van der Waals surface area contributed by atoms with Gasteiger partial charge in [0.25, 0.3) is 5.91 Å². The Morgan fingerprint density at radius 3 is 2.58 bits per heavy atom. The van der Waals surface area contributed by atoms with Gasteiger partial charge in [-0.3, -0.25) is 4.79 Å². The molecule has 2 rings (SSSR count). The van der Waals surface area contributed by atoms with Gasteiger partial charge in [-0.15, -0.1) is 0 Å². The van der Waals surface area contributed by atoms with E-state index in [-0.39, 0.29) is 11.5 Å². The minimum Gasteiger partial charge on any atom is -0.493 e. The number of esters is 1. The molecule has 0 atom stereocenters. The molecule has 102 valence electrons. The Kier molecular flexibility index (Phi) is 3.09. The van der Waals surface area contributed by atoms with Gasteiger partial charge in [0.05, 0.1) is 25.5 Å². The van der Waals surface area contributed by atoms with Crippen LogP contribution in [0.2, 0.25) is 0 Å². The maximum Gasteiger partial charge on any atom is 0.338 e. The largest absolute Gasteiger partial charge is 0.493 e. The SMILES string of the molecule is COC(=O)c1cc2c(c(OC)c1)OC(C)(C)C(=O)N2. The summed E-state index contributed by atoms with van der Waals surface area (Å²) in [5.74, 6) is -0.0324. The van der Waals surface area contributed by atoms with Gasteiger partial charge in [-0.1, -0.05) is 0 Å². The van der Waals surface area contributed by atoms with Gasteiger partial charge in [0.2, 0.25) is 0 Å². The van der Waals surface area contributed by atoms with Crippen LogP contribution in [0, 0.1) is 0 Å². The number of methoxy groups -OCH3 is 2. The smallest absolute Gasteiger partial charge is 0.338 e. The van der Waals surface area contributed by atoms with Crippen LogP contribution in [0.5, 0.6) is 11.5 Å². The molecule has 0 fully saturated rings. The third kappa shape index (κ3) is 2.21. The number of amides is 1. The summed E-state index contributed by atoms with van der Waals surface area (Å²) in [6.45, 7) is 3.30. The topological polar surface area (TPSA) is 73.9 Å². The van der Waals surface area contributed by atoms with Crippen molar-refractivity contribution in [3.8, 4) is 11.5 Å². The second kappa shape index (κ2) is 4.46. The number of rotatable bonds is 2. The molecule has 1 heterocycles. The molecule has 0 bridgehead atoms. The predicted octanol–water partition coefficient (Wildman–Crippen LogP) is 1.59. The van der Waals surface area contributed by atoms with Crippen molar-refractivity contribution in [2.75, 3.05) is 19.5 Å². The third-order valence-corrected chi connectivity index (χ3v) is 2.85. The average Bonchev–Trinajstić information content (AvgIpc) is 2.37. The van der Waals surface area contributed by atoms with E-state index < -0.39 is 11.6 Å². The predicted molar refractivity (Wildman–Crippen MR) is 67.7 cm³/mol. The summed E-state index contributed by atoms with van der Waals surface area (Å²) in [5.41, 5.74) is -0.321. The number of anilines is 1. The van der Waals surface area contributed by atoms with Crippen molar-refractivity contribution in [1.82, 2.24) is 0 Å². The van der Waals surface area contributed by atoms with E-state index in [1.54, 1.807) is 13.8 Å². The van der Waals surface area contributed by atoms with Crippen molar-refractivity contribution in [2.24, 2.45) is 0 Å². The molecule has 1 N–H and O–H groups in total. The highest BCUT2D eigenvalue weighted by Crippen LogP contribution is 2.42. The molecule has 0 spiro atoms. The van der Waals surface area contributed by atoms with Crippen molar-refractivity contribution in [1.29, 1.82) is 0 Å². The highest BCUT2D eigenvalue weighted by atomic mass is 16.5. The van der Waals surface area contributed by atoms with Gasteiger partial charge in [-0.25, -0.2) is 4.79 Å². The van der Waals surface area contributed by atoms with Crippen molar-refractivity contribution < 1.29 is 23.8 Å². The zero-order valence-electron chi connectivity index (χ0n) is 11.2. The van der Waals surface area contributed by atoms with Crippen LogP contribution >= 0.6 is 0 Å². The second-order valence-corrected chi connectivity index (χ2v) is 4.61. The van der Waals surface area contributed by atoms with Gasteiger partial charge in [-0.2, -0.15) is 0 Å². The molecule has 6 nitrogen and oxygen atoms in total. The molecular formula is C13H15NO5. The fourth-order valence-electron chi connectivity index (χ4n) is 1.76. The molecule has 1 aromatic rings. The summed E-state index contributed by atoms with van der Waals surface area (Å²) >= 11 is 0. The maximum absolute atomic E-state index is 11.8. The van der Waals surface area contributed by atoms with Crippen molar-refractivity contribution in [3.05, 3.63) is 17.7 Å². The number of ether oxygens (including phenoxy) is 3. The van der Waals surface area contributed by atoms with Crippen LogP contribution < -0.4 is 14.8 Å². The molecule has 1 amide bonds. The highest BCUT2D eigenvalue weighted by molar-refractivity contribution is 6.02. The highest BCUT2D eigenvalue weighted by Gasteiger charge is 2.37. The molecule has 0 saturated heterocycles. The van der Waals surface area contributed by atoms with E-state index in [0.717, 1.165) is 0 Å². The summed E-state index contributed by atoms with van der Waals surface area (Å²) in [7, 11) is 2.75. The maximum atomic E-state index is 11.8. The van der Waals surface area contributed by atoms with E-state index in [1.807, 2.05) is 0 Å². The molecule has 0 aliphatic carbocycles. The quantitative estimate of drug-likeness (QED) is 0.822. The lowest BCUT2D eigenvalue weighted by atomic mass is 10.0. The first kappa shape index (κ1) is 13.2. The Balaban J connectivity index is 2.55. The normalized spacial score (nSPS) is 15.9. The summed E-state index contributed by atoms with van der Waals surface area (Å²) in [6.07, 6.45) is 0. The Morgan fingerprint density at radius 1 is 1.32 bits per heavy atom. The van der Waals surface area contributed by atoms with E-state index in [9.17, 15) is 9.59 Å². The Bertz CT molecular complexity index is 550. The number of hydrogen-bond acceptors (Lipinski definition) is 5. The van der Waals surface area contributed by atoms with Crippen LogP contribution in [0.25, 0.3) is 0 Å². The van der Waals surface area contributed by atoms with Crippen LogP contribution in [-0.2, 0) is 9.53 Å². The van der Waals surface area contributed by atoms with Crippen LogP contribution in [0.3, 0.4) is 0 Å². The Morgan fingerprint density at radius 2 is 2.00 bits per heavy atom. The lowest BCUT2D eigenvalue weighted by molar-refractivity contribution is -0.129. The Hall–Kier alpha value is -2.24. The van der Waals surface area contributed by atoms with Crippen molar-refractivity contribution in [2.45, 2.75) is 19.4 Å². The molecule has 0 radical (unpaired) electrons. The molecule has 6 heteroatoms. The minimum atomic E-state index is -0.993. The van der Waals surface area contributed by atoms with E-state index >= 15 is 0 Å². The lowest BCUT2D eigenvalue weighted by Crippen LogP contribution is -2.45. The van der Waals surface area contributed by atoms with E-state index in [2.05, 4.69) is 10.1 Å². The van der Waals surface area contributed by atoms with E-state index in [0.29, 0.717) is 17.2 Å². The van der Waals surface area contributed by atoms with Gasteiger partial charge in [-0.05, 0) is 26.0 Å². The zero-order chi connectivity index (χ0) is 14.2. The Labute approximate surface area is 110 Å². The van der Waals surface area contributed by atoms with Gasteiger partial charge in [0, 0.05) is 0 Å². The molecular weight excluding hydrogens is 250 g/mol. The molecule has 0 aromatic heterocycles. The molecule has 0 unspecified atom stereocenters. The minimum absolute atomic E-state index is 0.279. The molecule has 0 saturated carbocycles. The summed E-state index contributed by atoms with van der Waals surface area (Å²) < 4.78 is 15.5. The fourth-order valence-corrected chi connectivity index (χ4v) is 1.76. The monoisotopic (exact) mass is 265 g/mol. The van der Waals surface area contributed by atoms with Gasteiger partial charge in [0.15, 0.2) is 17.1 Å². The molecule has 1 aliphatic heterocycles. The first-order valence-electron chi connectivity index (χ1n) is 5.70. The van der Waals surface area contributed by atoms with Crippen LogP contribution in [0.1, 0.15) is 24.2 Å². The summed E-state index contributed by atoms with van der Waals surface area (Å²) in [5, 5.41) is 2.69. The average molecular weight is 265 g/mol. The van der Waals surface area contributed by atoms with Crippen molar-refractivity contribution in [3.63, 3.8) is 0 Å². The lowest BCUT2D eigenvalue weighted by Gasteiger charge is -2.32. The first-order chi connectivity index (χ1) is 8.89. The van der Waals surface area contributed by atoms with E-state index in [1.165, 1.54) is 26.4 Å². The summed E-state index contributed by atoms with van der Waals surface area (Å²) in [4.78, 5) is 23.4. The van der Waals surface area contributed by atoms with Crippen molar-refractivity contribution >= 4 is 17.6 Å². The number of fused-ring (bicyclic) bond motifs is 1. The number of benzene rings is 1. The molecule has 1 aromatic carbocycles. The second-order valence-electron chi connectivity index (χ2n) is 4.61. The van der Waals surface area contributed by atoms with Crippen LogP contribution in [-0.4, -0.2) is 31.7 Å². The fraction of sp³-hybridized carbons (Fsp3) is 0.385.